The lowest BCUT2D eigenvalue weighted by molar-refractivity contribution is 0.303. The minimum atomic E-state index is -3.28. The normalized spacial score (nSPS) is 11.4. The molecule has 0 aliphatic carbocycles. The predicted molar refractivity (Wildman–Crippen MR) is 80.0 cm³/mol. The molecule has 1 aromatic rings. The number of pyridine rings is 1. The Morgan fingerprint density at radius 1 is 1.05 bits per heavy atom. The standard InChI is InChI=1S/C14H24N2O3S/c15-20(17,18)12-7-5-3-1-2-4-6-11-19-14-9-8-10-16-13-14/h8-10,13H,1-7,11-12H2,(H2,15,17,18). The lowest BCUT2D eigenvalue weighted by Crippen LogP contribution is -2.16. The van der Waals surface area contributed by atoms with Crippen LogP contribution in [0, 0.1) is 0 Å². The zero-order valence-corrected chi connectivity index (χ0v) is 12.6. The van der Waals surface area contributed by atoms with Crippen molar-refractivity contribution in [1.82, 2.24) is 4.98 Å². The van der Waals surface area contributed by atoms with Crippen LogP contribution < -0.4 is 9.88 Å². The summed E-state index contributed by atoms with van der Waals surface area (Å²) >= 11 is 0. The summed E-state index contributed by atoms with van der Waals surface area (Å²) in [5.74, 6) is 0.918. The lowest BCUT2D eigenvalue weighted by Gasteiger charge is -2.05. The summed E-state index contributed by atoms with van der Waals surface area (Å²) < 4.78 is 27.0. The molecule has 5 nitrogen and oxygen atoms in total. The Labute approximate surface area is 121 Å². The van der Waals surface area contributed by atoms with E-state index in [1.54, 1.807) is 12.4 Å². The van der Waals surface area contributed by atoms with Gasteiger partial charge in [0, 0.05) is 6.20 Å². The van der Waals surface area contributed by atoms with Gasteiger partial charge >= 0.3 is 0 Å². The molecule has 0 saturated heterocycles. The first-order valence-corrected chi connectivity index (χ1v) is 8.83. The number of hydrogen-bond acceptors (Lipinski definition) is 4. The summed E-state index contributed by atoms with van der Waals surface area (Å²) in [6, 6.07) is 3.76. The molecule has 0 atom stereocenters. The van der Waals surface area contributed by atoms with Gasteiger partial charge in [0.15, 0.2) is 0 Å². The van der Waals surface area contributed by atoms with Crippen LogP contribution in [-0.4, -0.2) is 25.8 Å². The van der Waals surface area contributed by atoms with E-state index >= 15 is 0 Å². The Kier molecular flexibility index (Phi) is 8.22. The molecule has 0 saturated carbocycles. The molecule has 1 aromatic heterocycles. The van der Waals surface area contributed by atoms with E-state index in [0.717, 1.165) is 50.9 Å². The third-order valence-electron chi connectivity index (χ3n) is 2.98. The van der Waals surface area contributed by atoms with E-state index in [-0.39, 0.29) is 5.75 Å². The summed E-state index contributed by atoms with van der Waals surface area (Å²) in [6.07, 6.45) is 10.6. The summed E-state index contributed by atoms with van der Waals surface area (Å²) in [7, 11) is -3.28. The first-order chi connectivity index (χ1) is 9.58. The van der Waals surface area contributed by atoms with Gasteiger partial charge in [0.1, 0.15) is 5.75 Å². The number of rotatable bonds is 11. The highest BCUT2D eigenvalue weighted by Gasteiger charge is 2.01. The van der Waals surface area contributed by atoms with Crippen LogP contribution >= 0.6 is 0 Å². The van der Waals surface area contributed by atoms with Gasteiger partial charge in [0.2, 0.25) is 10.0 Å². The average Bonchev–Trinajstić information content (AvgIpc) is 2.41. The summed E-state index contributed by atoms with van der Waals surface area (Å²) in [4.78, 5) is 3.98. The van der Waals surface area contributed by atoms with Crippen molar-refractivity contribution in [2.75, 3.05) is 12.4 Å². The van der Waals surface area contributed by atoms with E-state index in [2.05, 4.69) is 4.98 Å². The van der Waals surface area contributed by atoms with E-state index in [9.17, 15) is 8.42 Å². The molecule has 0 bridgehead atoms. The summed E-state index contributed by atoms with van der Waals surface area (Å²) in [5.41, 5.74) is 0. The van der Waals surface area contributed by atoms with Crippen LogP contribution in [0.25, 0.3) is 0 Å². The number of unbranched alkanes of at least 4 members (excludes halogenated alkanes) is 6. The fraction of sp³-hybridized carbons (Fsp3) is 0.643. The third kappa shape index (κ3) is 9.75. The van der Waals surface area contributed by atoms with Crippen LogP contribution in [0.15, 0.2) is 24.5 Å². The van der Waals surface area contributed by atoms with E-state index < -0.39 is 10.0 Å². The minimum Gasteiger partial charge on any atom is -0.492 e. The summed E-state index contributed by atoms with van der Waals surface area (Å²) in [6.45, 7) is 0.719. The molecule has 1 rings (SSSR count). The number of nitrogens with zero attached hydrogens (tertiary/aromatic N) is 1. The molecule has 0 aliphatic heterocycles. The molecule has 0 spiro atoms. The Morgan fingerprint density at radius 3 is 2.30 bits per heavy atom. The van der Waals surface area contributed by atoms with E-state index in [1.807, 2.05) is 12.1 Å². The van der Waals surface area contributed by atoms with Gasteiger partial charge in [0.25, 0.3) is 0 Å². The number of hydrogen-bond donors (Lipinski definition) is 1. The Hall–Kier alpha value is -1.14. The molecule has 2 N–H and O–H groups in total. The average molecular weight is 300 g/mol. The van der Waals surface area contributed by atoms with Crippen LogP contribution in [0.5, 0.6) is 5.75 Å². The Bertz CT molecular complexity index is 449. The SMILES string of the molecule is NS(=O)(=O)CCCCCCCCCOc1cccnc1. The Morgan fingerprint density at radius 2 is 1.70 bits per heavy atom. The highest BCUT2D eigenvalue weighted by atomic mass is 32.2. The van der Waals surface area contributed by atoms with Crippen molar-refractivity contribution in [3.63, 3.8) is 0 Å². The van der Waals surface area contributed by atoms with Crippen molar-refractivity contribution in [3.8, 4) is 5.75 Å². The van der Waals surface area contributed by atoms with Crippen LogP contribution in [0.2, 0.25) is 0 Å². The quantitative estimate of drug-likeness (QED) is 0.636. The largest absolute Gasteiger partial charge is 0.492 e. The van der Waals surface area contributed by atoms with Crippen molar-refractivity contribution >= 4 is 10.0 Å². The van der Waals surface area contributed by atoms with Crippen LogP contribution in [0.3, 0.4) is 0 Å². The molecule has 6 heteroatoms. The van der Waals surface area contributed by atoms with Crippen LogP contribution in [0.1, 0.15) is 44.9 Å². The third-order valence-corrected chi connectivity index (χ3v) is 3.83. The van der Waals surface area contributed by atoms with Gasteiger partial charge in [0.05, 0.1) is 18.6 Å². The van der Waals surface area contributed by atoms with E-state index in [0.29, 0.717) is 6.42 Å². The van der Waals surface area contributed by atoms with Gasteiger partial charge in [-0.3, -0.25) is 4.98 Å². The molecular weight excluding hydrogens is 276 g/mol. The number of aromatic nitrogens is 1. The van der Waals surface area contributed by atoms with Crippen molar-refractivity contribution < 1.29 is 13.2 Å². The van der Waals surface area contributed by atoms with Crippen molar-refractivity contribution in [2.45, 2.75) is 44.9 Å². The van der Waals surface area contributed by atoms with Gasteiger partial charge in [-0.05, 0) is 25.0 Å². The number of nitrogens with two attached hydrogens (primary N) is 1. The lowest BCUT2D eigenvalue weighted by atomic mass is 10.1. The molecule has 1 heterocycles. The smallest absolute Gasteiger partial charge is 0.209 e. The minimum absolute atomic E-state index is 0.103. The maximum Gasteiger partial charge on any atom is 0.209 e. The highest BCUT2D eigenvalue weighted by Crippen LogP contribution is 2.10. The monoisotopic (exact) mass is 300 g/mol. The molecule has 0 aromatic carbocycles. The Balaban J connectivity index is 1.86. The van der Waals surface area contributed by atoms with Crippen molar-refractivity contribution in [1.29, 1.82) is 0 Å². The van der Waals surface area contributed by atoms with E-state index in [1.165, 1.54) is 0 Å². The van der Waals surface area contributed by atoms with Crippen molar-refractivity contribution in [3.05, 3.63) is 24.5 Å². The first kappa shape index (κ1) is 16.9. The second-order valence-corrected chi connectivity index (χ2v) is 6.61. The van der Waals surface area contributed by atoms with Gasteiger partial charge in [-0.25, -0.2) is 13.6 Å². The fourth-order valence-electron chi connectivity index (χ4n) is 1.91. The maximum absolute atomic E-state index is 10.7. The number of primary sulfonamides is 1. The molecule has 0 fully saturated rings. The molecule has 0 amide bonds. The van der Waals surface area contributed by atoms with Crippen molar-refractivity contribution in [2.24, 2.45) is 5.14 Å². The van der Waals surface area contributed by atoms with Gasteiger partial charge < -0.3 is 4.74 Å². The zero-order valence-electron chi connectivity index (χ0n) is 11.8. The highest BCUT2D eigenvalue weighted by molar-refractivity contribution is 7.89. The number of ether oxygens (including phenoxy) is 1. The van der Waals surface area contributed by atoms with Gasteiger partial charge in [-0.15, -0.1) is 0 Å². The molecule has 0 unspecified atom stereocenters. The van der Waals surface area contributed by atoms with Gasteiger partial charge in [-0.2, -0.15) is 0 Å². The van der Waals surface area contributed by atoms with E-state index in [4.69, 9.17) is 9.88 Å². The van der Waals surface area contributed by atoms with Crippen LogP contribution in [0.4, 0.5) is 0 Å². The molecule has 20 heavy (non-hydrogen) atoms. The molecule has 114 valence electrons. The molecular formula is C14H24N2O3S. The topological polar surface area (TPSA) is 82.3 Å². The predicted octanol–water partition coefficient (Wildman–Crippen LogP) is 2.48. The molecule has 0 radical (unpaired) electrons. The second kappa shape index (κ2) is 9.72. The van der Waals surface area contributed by atoms with Crippen LogP contribution in [-0.2, 0) is 10.0 Å². The second-order valence-electron chi connectivity index (χ2n) is 4.88. The molecule has 0 aliphatic rings. The fourth-order valence-corrected chi connectivity index (χ4v) is 2.52. The number of sulfonamides is 1. The summed E-state index contributed by atoms with van der Waals surface area (Å²) in [5, 5.41) is 4.93. The zero-order chi connectivity index (χ0) is 14.7. The van der Waals surface area contributed by atoms with Gasteiger partial charge in [-0.1, -0.05) is 32.1 Å². The first-order valence-electron chi connectivity index (χ1n) is 7.11. The maximum atomic E-state index is 10.7.